The molecule has 1 aromatic rings. The Morgan fingerprint density at radius 1 is 1.73 bits per heavy atom. The van der Waals surface area contributed by atoms with Crippen LogP contribution in [0.3, 0.4) is 0 Å². The molecular weight excluding hydrogens is 140 g/mol. The number of nitrogens with two attached hydrogens (primary N) is 1. The molecule has 0 aliphatic carbocycles. The lowest BCUT2D eigenvalue weighted by Crippen LogP contribution is -2.31. The van der Waals surface area contributed by atoms with E-state index in [1.807, 2.05) is 0 Å². The van der Waals surface area contributed by atoms with E-state index in [4.69, 9.17) is 5.73 Å². The highest BCUT2D eigenvalue weighted by Crippen LogP contribution is 1.86. The van der Waals surface area contributed by atoms with Gasteiger partial charge in [0.05, 0.1) is 17.2 Å². The average Bonchev–Trinajstić information content (AvgIpc) is 2.04. The molecule has 0 aliphatic heterocycles. The fourth-order valence-corrected chi connectivity index (χ4v) is 0.820. The van der Waals surface area contributed by atoms with Crippen LogP contribution in [-0.4, -0.2) is 17.2 Å². The summed E-state index contributed by atoms with van der Waals surface area (Å²) in [6.45, 7) is 3.68. The van der Waals surface area contributed by atoms with Gasteiger partial charge >= 0.3 is 0 Å². The molecule has 0 saturated heterocycles. The summed E-state index contributed by atoms with van der Waals surface area (Å²) < 4.78 is 0. The molecule has 0 unspecified atom stereocenters. The van der Waals surface area contributed by atoms with Crippen molar-refractivity contribution in [3.63, 3.8) is 0 Å². The second-order valence-corrected chi connectivity index (χ2v) is 2.04. The summed E-state index contributed by atoms with van der Waals surface area (Å²) in [5.74, 6) is 0. The second-order valence-electron chi connectivity index (χ2n) is 2.04. The molecule has 0 spiro atoms. The van der Waals surface area contributed by atoms with Gasteiger partial charge in [-0.15, -0.1) is 0 Å². The molecule has 4 heteroatoms. The van der Waals surface area contributed by atoms with Crippen molar-refractivity contribution in [2.24, 2.45) is 5.73 Å². The van der Waals surface area contributed by atoms with E-state index in [1.165, 1.54) is 6.20 Å². The molecular formula is C7H10N4. The predicted octanol–water partition coefficient (Wildman–Crippen LogP) is -1.37. The standard InChI is InChI=1S/C7H10N4/c1-5-6(3-8)7(9-2)4-10-11-5/h3-4,9H,1,8H2,2H3. The van der Waals surface area contributed by atoms with Gasteiger partial charge in [0.25, 0.3) is 0 Å². The van der Waals surface area contributed by atoms with Gasteiger partial charge < -0.3 is 11.1 Å². The highest BCUT2D eigenvalue weighted by Gasteiger charge is 1.91. The van der Waals surface area contributed by atoms with Gasteiger partial charge in [0.1, 0.15) is 0 Å². The first kappa shape index (κ1) is 7.53. The average molecular weight is 150 g/mol. The minimum absolute atomic E-state index is 0.583. The smallest absolute Gasteiger partial charge is 0.0893 e. The van der Waals surface area contributed by atoms with Crippen LogP contribution in [0, 0.1) is 0 Å². The Kier molecular flexibility index (Phi) is 2.06. The van der Waals surface area contributed by atoms with E-state index in [0.29, 0.717) is 5.35 Å². The maximum Gasteiger partial charge on any atom is 0.0893 e. The van der Waals surface area contributed by atoms with E-state index >= 15 is 0 Å². The van der Waals surface area contributed by atoms with E-state index in [0.717, 1.165) is 10.9 Å². The number of aromatic nitrogens is 2. The first-order chi connectivity index (χ1) is 5.29. The summed E-state index contributed by atoms with van der Waals surface area (Å²) in [6.07, 6.45) is 3.07. The lowest BCUT2D eigenvalue weighted by molar-refractivity contribution is 0.984. The third-order valence-electron chi connectivity index (χ3n) is 1.40. The molecule has 0 aliphatic rings. The van der Waals surface area contributed by atoms with Crippen molar-refractivity contribution in [2.45, 2.75) is 0 Å². The number of nitrogens with one attached hydrogen (secondary N) is 1. The number of hydrogen-bond donors (Lipinski definition) is 2. The molecule has 0 fully saturated rings. The van der Waals surface area contributed by atoms with Gasteiger partial charge in [0.15, 0.2) is 0 Å². The van der Waals surface area contributed by atoms with Crippen molar-refractivity contribution >= 4 is 18.5 Å². The van der Waals surface area contributed by atoms with Gasteiger partial charge in [-0.2, -0.15) is 10.2 Å². The van der Waals surface area contributed by atoms with E-state index in [9.17, 15) is 0 Å². The minimum Gasteiger partial charge on any atom is -0.404 e. The first-order valence-electron chi connectivity index (χ1n) is 3.20. The monoisotopic (exact) mass is 150 g/mol. The molecule has 0 saturated carbocycles. The van der Waals surface area contributed by atoms with Crippen LogP contribution >= 0.6 is 0 Å². The molecule has 1 aromatic heterocycles. The number of nitrogens with zero attached hydrogens (tertiary/aromatic N) is 2. The Bertz CT molecular complexity index is 344. The summed E-state index contributed by atoms with van der Waals surface area (Å²) in [7, 11) is 1.80. The molecule has 0 bridgehead atoms. The minimum atomic E-state index is 0.583. The molecule has 11 heavy (non-hydrogen) atoms. The van der Waals surface area contributed by atoms with E-state index in [-0.39, 0.29) is 0 Å². The summed E-state index contributed by atoms with van der Waals surface area (Å²) in [5, 5.41) is 11.8. The molecule has 58 valence electrons. The molecule has 3 N–H and O–H groups in total. The van der Waals surface area contributed by atoms with E-state index in [1.54, 1.807) is 13.2 Å². The summed E-state index contributed by atoms with van der Waals surface area (Å²) in [6, 6.07) is 0. The highest BCUT2D eigenvalue weighted by atomic mass is 15.1. The zero-order chi connectivity index (χ0) is 8.27. The normalized spacial score (nSPS) is 11.5. The van der Waals surface area contributed by atoms with Gasteiger partial charge in [-0.05, 0) is 0 Å². The summed E-state index contributed by atoms with van der Waals surface area (Å²) in [5.41, 5.74) is 6.19. The molecule has 0 amide bonds. The Balaban J connectivity index is 3.51. The van der Waals surface area contributed by atoms with Crippen molar-refractivity contribution < 1.29 is 0 Å². The lowest BCUT2D eigenvalue weighted by atomic mass is 10.3. The summed E-state index contributed by atoms with van der Waals surface area (Å²) in [4.78, 5) is 0. The van der Waals surface area contributed by atoms with Crippen molar-refractivity contribution in [2.75, 3.05) is 12.4 Å². The second kappa shape index (κ2) is 3.01. The first-order valence-corrected chi connectivity index (χ1v) is 3.20. The SMILES string of the molecule is C=c1nncc(NC)c1=CN. The molecule has 0 radical (unpaired) electrons. The Morgan fingerprint density at radius 2 is 2.45 bits per heavy atom. The van der Waals surface area contributed by atoms with Crippen LogP contribution in [0.15, 0.2) is 6.20 Å². The van der Waals surface area contributed by atoms with E-state index in [2.05, 4.69) is 22.1 Å². The maximum atomic E-state index is 5.35. The van der Waals surface area contributed by atoms with Crippen LogP contribution < -0.4 is 21.6 Å². The Morgan fingerprint density at radius 3 is 2.91 bits per heavy atom. The topological polar surface area (TPSA) is 63.8 Å². The fraction of sp³-hybridized carbons (Fsp3) is 0.143. The van der Waals surface area contributed by atoms with Gasteiger partial charge in [-0.1, -0.05) is 6.58 Å². The fourth-order valence-electron chi connectivity index (χ4n) is 0.820. The quantitative estimate of drug-likeness (QED) is 0.518. The van der Waals surface area contributed by atoms with Gasteiger partial charge in [-0.25, -0.2) is 0 Å². The highest BCUT2D eigenvalue weighted by molar-refractivity contribution is 5.44. The largest absolute Gasteiger partial charge is 0.404 e. The third-order valence-corrected chi connectivity index (χ3v) is 1.40. The van der Waals surface area contributed by atoms with Crippen LogP contribution in [0.25, 0.3) is 12.8 Å². The molecule has 0 atom stereocenters. The molecule has 1 rings (SSSR count). The Labute approximate surface area is 64.4 Å². The van der Waals surface area contributed by atoms with Gasteiger partial charge in [0.2, 0.25) is 0 Å². The number of hydrogen-bond acceptors (Lipinski definition) is 4. The van der Waals surface area contributed by atoms with Gasteiger partial charge in [-0.3, -0.25) is 0 Å². The Hall–Kier alpha value is -1.58. The predicted molar refractivity (Wildman–Crippen MR) is 45.0 cm³/mol. The molecule has 1 heterocycles. The van der Waals surface area contributed by atoms with Crippen LogP contribution in [-0.2, 0) is 0 Å². The number of anilines is 1. The van der Waals surface area contributed by atoms with Crippen molar-refractivity contribution in [3.05, 3.63) is 16.8 Å². The van der Waals surface area contributed by atoms with Crippen LogP contribution in [0.4, 0.5) is 5.69 Å². The van der Waals surface area contributed by atoms with Crippen LogP contribution in [0.1, 0.15) is 0 Å². The van der Waals surface area contributed by atoms with Crippen LogP contribution in [0.5, 0.6) is 0 Å². The molecule has 0 aromatic carbocycles. The number of rotatable bonds is 1. The lowest BCUT2D eigenvalue weighted by Gasteiger charge is -1.97. The third kappa shape index (κ3) is 1.29. The molecule has 4 nitrogen and oxygen atoms in total. The zero-order valence-electron chi connectivity index (χ0n) is 6.33. The van der Waals surface area contributed by atoms with E-state index < -0.39 is 0 Å². The maximum absolute atomic E-state index is 5.35. The van der Waals surface area contributed by atoms with Crippen LogP contribution in [0.2, 0.25) is 0 Å². The zero-order valence-corrected chi connectivity index (χ0v) is 6.33. The van der Waals surface area contributed by atoms with Crippen molar-refractivity contribution in [3.8, 4) is 0 Å². The van der Waals surface area contributed by atoms with Crippen molar-refractivity contribution in [1.29, 1.82) is 0 Å². The van der Waals surface area contributed by atoms with Crippen molar-refractivity contribution in [1.82, 2.24) is 10.2 Å². The summed E-state index contributed by atoms with van der Waals surface area (Å²) >= 11 is 0. The van der Waals surface area contributed by atoms with Gasteiger partial charge in [0, 0.05) is 18.5 Å².